The number of benzene rings is 2. The number of hydrogen-bond acceptors (Lipinski definition) is 2. The average molecular weight is 245 g/mol. The summed E-state index contributed by atoms with van der Waals surface area (Å²) in [5.74, 6) is 0.230. The molecule has 4 heteroatoms. The highest BCUT2D eigenvalue weighted by Gasteiger charge is 2.05. The third kappa shape index (κ3) is 1.74. The highest BCUT2D eigenvalue weighted by Crippen LogP contribution is 2.23. The zero-order valence-corrected chi connectivity index (χ0v) is 9.59. The summed E-state index contributed by atoms with van der Waals surface area (Å²) in [6, 6.07) is 12.6. The number of fused-ring (bicyclic) bond motifs is 1. The molecule has 0 bridgehead atoms. The number of aromatic hydroxyl groups is 1. The molecule has 1 N–H and O–H groups in total. The standard InChI is InChI=1S/C13H9ClN2O/c14-10-2-4-11(5-3-10)16-13-7-12(17)6-1-9(13)8-15-16/h1-8,17H. The molecule has 0 aliphatic carbocycles. The van der Waals surface area contributed by atoms with Crippen LogP contribution >= 0.6 is 11.6 Å². The molecule has 0 radical (unpaired) electrons. The van der Waals surface area contributed by atoms with Crippen molar-refractivity contribution in [2.45, 2.75) is 0 Å². The van der Waals surface area contributed by atoms with Crippen LogP contribution in [-0.2, 0) is 0 Å². The number of aromatic nitrogens is 2. The van der Waals surface area contributed by atoms with Crippen molar-refractivity contribution in [2.75, 3.05) is 0 Å². The maximum Gasteiger partial charge on any atom is 0.117 e. The van der Waals surface area contributed by atoms with E-state index in [2.05, 4.69) is 5.10 Å². The third-order valence-corrected chi connectivity index (χ3v) is 2.88. The van der Waals surface area contributed by atoms with Crippen molar-refractivity contribution >= 4 is 22.5 Å². The van der Waals surface area contributed by atoms with Crippen molar-refractivity contribution < 1.29 is 5.11 Å². The largest absolute Gasteiger partial charge is 0.508 e. The van der Waals surface area contributed by atoms with E-state index in [1.165, 1.54) is 0 Å². The van der Waals surface area contributed by atoms with Crippen LogP contribution in [0.3, 0.4) is 0 Å². The van der Waals surface area contributed by atoms with Crippen molar-refractivity contribution in [1.82, 2.24) is 9.78 Å². The smallest absolute Gasteiger partial charge is 0.117 e. The number of phenolic OH excluding ortho intramolecular Hbond substituents is 1. The summed E-state index contributed by atoms with van der Waals surface area (Å²) in [7, 11) is 0. The Morgan fingerprint density at radius 3 is 2.59 bits per heavy atom. The van der Waals surface area contributed by atoms with Crippen molar-refractivity contribution in [3.8, 4) is 11.4 Å². The zero-order valence-electron chi connectivity index (χ0n) is 8.84. The first-order valence-electron chi connectivity index (χ1n) is 5.17. The normalized spacial score (nSPS) is 10.9. The van der Waals surface area contributed by atoms with Gasteiger partial charge in [0.25, 0.3) is 0 Å². The van der Waals surface area contributed by atoms with Gasteiger partial charge in [0.1, 0.15) is 5.75 Å². The molecule has 3 rings (SSSR count). The summed E-state index contributed by atoms with van der Waals surface area (Å²) in [4.78, 5) is 0. The van der Waals surface area contributed by atoms with Gasteiger partial charge in [-0.1, -0.05) is 11.6 Å². The molecule has 0 unspecified atom stereocenters. The molecule has 17 heavy (non-hydrogen) atoms. The number of nitrogens with zero attached hydrogens (tertiary/aromatic N) is 2. The summed E-state index contributed by atoms with van der Waals surface area (Å²) in [5.41, 5.74) is 1.78. The molecule has 84 valence electrons. The van der Waals surface area contributed by atoms with Gasteiger partial charge in [-0.25, -0.2) is 4.68 Å². The van der Waals surface area contributed by atoms with E-state index < -0.39 is 0 Å². The maximum absolute atomic E-state index is 9.50. The summed E-state index contributed by atoms with van der Waals surface area (Å²) in [6.45, 7) is 0. The second-order valence-electron chi connectivity index (χ2n) is 3.78. The Morgan fingerprint density at radius 2 is 1.82 bits per heavy atom. The number of hydrogen-bond donors (Lipinski definition) is 1. The Hall–Kier alpha value is -2.00. The van der Waals surface area contributed by atoms with Gasteiger partial charge in [0.05, 0.1) is 17.4 Å². The second-order valence-corrected chi connectivity index (χ2v) is 4.21. The minimum absolute atomic E-state index is 0.230. The zero-order chi connectivity index (χ0) is 11.8. The molecular formula is C13H9ClN2O. The van der Waals surface area contributed by atoms with Gasteiger partial charge in [-0.15, -0.1) is 0 Å². The van der Waals surface area contributed by atoms with Crippen LogP contribution in [0.15, 0.2) is 48.7 Å². The van der Waals surface area contributed by atoms with E-state index in [9.17, 15) is 5.11 Å². The first kappa shape index (κ1) is 10.2. The van der Waals surface area contributed by atoms with Gasteiger partial charge in [-0.05, 0) is 36.4 Å². The van der Waals surface area contributed by atoms with Crippen LogP contribution in [0.2, 0.25) is 5.02 Å². The van der Waals surface area contributed by atoms with Crippen LogP contribution in [0.25, 0.3) is 16.6 Å². The van der Waals surface area contributed by atoms with Crippen LogP contribution in [-0.4, -0.2) is 14.9 Å². The summed E-state index contributed by atoms with van der Waals surface area (Å²) < 4.78 is 1.77. The van der Waals surface area contributed by atoms with Crippen LogP contribution < -0.4 is 0 Å². The van der Waals surface area contributed by atoms with Gasteiger partial charge < -0.3 is 5.11 Å². The lowest BCUT2D eigenvalue weighted by molar-refractivity contribution is 0.476. The molecule has 0 fully saturated rings. The first-order chi connectivity index (χ1) is 8.24. The first-order valence-corrected chi connectivity index (χ1v) is 5.54. The Bertz CT molecular complexity index is 673. The lowest BCUT2D eigenvalue weighted by Crippen LogP contribution is -1.94. The quantitative estimate of drug-likeness (QED) is 0.713. The molecule has 0 saturated heterocycles. The molecule has 0 aliphatic heterocycles. The van der Waals surface area contributed by atoms with Crippen molar-refractivity contribution in [2.24, 2.45) is 0 Å². The molecule has 1 aromatic heterocycles. The number of rotatable bonds is 1. The van der Waals surface area contributed by atoms with E-state index in [0.29, 0.717) is 5.02 Å². The van der Waals surface area contributed by atoms with Crippen LogP contribution in [0.1, 0.15) is 0 Å². The second kappa shape index (κ2) is 3.79. The Balaban J connectivity index is 2.23. The summed E-state index contributed by atoms with van der Waals surface area (Å²) in [5, 5.41) is 15.5. The van der Waals surface area contributed by atoms with Gasteiger partial charge in [0, 0.05) is 16.5 Å². The molecule has 3 nitrogen and oxygen atoms in total. The number of halogens is 1. The summed E-state index contributed by atoms with van der Waals surface area (Å²) >= 11 is 5.85. The molecule has 2 aromatic carbocycles. The molecular weight excluding hydrogens is 236 g/mol. The van der Waals surface area contributed by atoms with E-state index >= 15 is 0 Å². The lowest BCUT2D eigenvalue weighted by atomic mass is 10.2. The van der Waals surface area contributed by atoms with Crippen molar-refractivity contribution in [3.63, 3.8) is 0 Å². The average Bonchev–Trinajstić information content (AvgIpc) is 2.73. The van der Waals surface area contributed by atoms with E-state index in [0.717, 1.165) is 16.6 Å². The Morgan fingerprint density at radius 1 is 1.06 bits per heavy atom. The molecule has 1 heterocycles. The molecule has 3 aromatic rings. The lowest BCUT2D eigenvalue weighted by Gasteiger charge is -2.03. The fourth-order valence-corrected chi connectivity index (χ4v) is 1.92. The van der Waals surface area contributed by atoms with E-state index in [1.807, 2.05) is 30.3 Å². The Labute approximate surface area is 103 Å². The number of phenols is 1. The van der Waals surface area contributed by atoms with Crippen molar-refractivity contribution in [1.29, 1.82) is 0 Å². The minimum atomic E-state index is 0.230. The van der Waals surface area contributed by atoms with Crippen molar-refractivity contribution in [3.05, 3.63) is 53.7 Å². The predicted molar refractivity (Wildman–Crippen MR) is 67.7 cm³/mol. The van der Waals surface area contributed by atoms with E-state index in [4.69, 9.17) is 11.6 Å². The van der Waals surface area contributed by atoms with Gasteiger partial charge in [0.2, 0.25) is 0 Å². The van der Waals surface area contributed by atoms with Gasteiger partial charge >= 0.3 is 0 Å². The van der Waals surface area contributed by atoms with Gasteiger partial charge in [-0.2, -0.15) is 5.10 Å². The van der Waals surface area contributed by atoms with Gasteiger partial charge in [-0.3, -0.25) is 0 Å². The third-order valence-electron chi connectivity index (χ3n) is 2.63. The SMILES string of the molecule is Oc1ccc2cnn(-c3ccc(Cl)cc3)c2c1. The van der Waals surface area contributed by atoms with Gasteiger partial charge in [0.15, 0.2) is 0 Å². The highest BCUT2D eigenvalue weighted by molar-refractivity contribution is 6.30. The van der Waals surface area contributed by atoms with Crippen LogP contribution in [0.5, 0.6) is 5.75 Å². The topological polar surface area (TPSA) is 38.1 Å². The Kier molecular flexibility index (Phi) is 2.27. The maximum atomic E-state index is 9.50. The molecule has 0 aliphatic rings. The van der Waals surface area contributed by atoms with Crippen LogP contribution in [0.4, 0.5) is 0 Å². The van der Waals surface area contributed by atoms with E-state index in [-0.39, 0.29) is 5.75 Å². The molecule has 0 saturated carbocycles. The summed E-state index contributed by atoms with van der Waals surface area (Å²) in [6.07, 6.45) is 1.77. The van der Waals surface area contributed by atoms with Crippen LogP contribution in [0, 0.1) is 0 Å². The molecule has 0 atom stereocenters. The van der Waals surface area contributed by atoms with E-state index in [1.54, 1.807) is 23.0 Å². The monoisotopic (exact) mass is 244 g/mol. The predicted octanol–water partition coefficient (Wildman–Crippen LogP) is 3.38. The molecule has 0 spiro atoms. The molecule has 0 amide bonds. The highest BCUT2D eigenvalue weighted by atomic mass is 35.5. The minimum Gasteiger partial charge on any atom is -0.508 e. The fraction of sp³-hybridized carbons (Fsp3) is 0. The fourth-order valence-electron chi connectivity index (χ4n) is 1.79.